The highest BCUT2D eigenvalue weighted by atomic mass is 16.4. The highest BCUT2D eigenvalue weighted by Gasteiger charge is 2.10. The molecule has 0 spiro atoms. The maximum absolute atomic E-state index is 12.0. The van der Waals surface area contributed by atoms with E-state index in [0.29, 0.717) is 17.8 Å². The van der Waals surface area contributed by atoms with Crippen LogP contribution in [0.3, 0.4) is 0 Å². The number of hydrogen-bond donors (Lipinski definition) is 2. The molecule has 0 saturated heterocycles. The number of aliphatic carboxylic acids is 1. The summed E-state index contributed by atoms with van der Waals surface area (Å²) in [5.41, 5.74) is 2.10. The van der Waals surface area contributed by atoms with Crippen LogP contribution in [-0.4, -0.2) is 29.1 Å². The molecule has 1 aromatic heterocycles. The third-order valence-electron chi connectivity index (χ3n) is 2.88. The van der Waals surface area contributed by atoms with Crippen molar-refractivity contribution < 1.29 is 19.1 Å². The van der Waals surface area contributed by atoms with E-state index in [4.69, 9.17) is 9.52 Å². The topological polar surface area (TPSA) is 82.8 Å². The molecule has 0 fully saturated rings. The quantitative estimate of drug-likeness (QED) is 0.885. The zero-order valence-electron chi connectivity index (χ0n) is 11.6. The van der Waals surface area contributed by atoms with Crippen LogP contribution in [0.25, 0.3) is 0 Å². The van der Waals surface area contributed by atoms with E-state index in [1.54, 1.807) is 49.9 Å². The summed E-state index contributed by atoms with van der Waals surface area (Å²) >= 11 is 0. The van der Waals surface area contributed by atoms with E-state index in [-0.39, 0.29) is 12.5 Å². The molecule has 110 valence electrons. The average molecular weight is 288 g/mol. The normalized spacial score (nSPS) is 10.1. The molecule has 0 unspecified atom stereocenters. The number of hydrogen-bond acceptors (Lipinski definition) is 3. The minimum Gasteiger partial charge on any atom is -0.481 e. The number of urea groups is 1. The Hall–Kier alpha value is -2.76. The molecular formula is C15H16N2O4. The van der Waals surface area contributed by atoms with Crippen LogP contribution in [0.5, 0.6) is 0 Å². The van der Waals surface area contributed by atoms with Crippen LogP contribution in [0, 0.1) is 0 Å². The lowest BCUT2D eigenvalue weighted by Gasteiger charge is -2.17. The Bertz CT molecular complexity index is 622. The van der Waals surface area contributed by atoms with Gasteiger partial charge >= 0.3 is 12.0 Å². The average Bonchev–Trinajstić information content (AvgIpc) is 2.91. The van der Waals surface area contributed by atoms with Crippen LogP contribution in [-0.2, 0) is 17.8 Å². The van der Waals surface area contributed by atoms with Crippen LogP contribution in [0.15, 0.2) is 47.3 Å². The van der Waals surface area contributed by atoms with E-state index in [2.05, 4.69) is 5.32 Å². The van der Waals surface area contributed by atoms with Gasteiger partial charge in [0.15, 0.2) is 0 Å². The number of nitrogens with zero attached hydrogens (tertiary/aromatic N) is 1. The first-order valence-corrected chi connectivity index (χ1v) is 6.38. The van der Waals surface area contributed by atoms with Gasteiger partial charge < -0.3 is 19.7 Å². The minimum atomic E-state index is -0.907. The van der Waals surface area contributed by atoms with Gasteiger partial charge in [0.25, 0.3) is 0 Å². The Balaban J connectivity index is 1.97. The molecule has 0 radical (unpaired) electrons. The lowest BCUT2D eigenvalue weighted by molar-refractivity contribution is -0.136. The van der Waals surface area contributed by atoms with Gasteiger partial charge in [0.05, 0.1) is 25.5 Å². The van der Waals surface area contributed by atoms with E-state index in [1.807, 2.05) is 0 Å². The number of furan rings is 1. The van der Waals surface area contributed by atoms with E-state index in [0.717, 1.165) is 5.56 Å². The van der Waals surface area contributed by atoms with Crippen molar-refractivity contribution >= 4 is 17.7 Å². The number of carboxylic acids is 1. The number of benzene rings is 1. The molecule has 2 rings (SSSR count). The molecule has 0 bridgehead atoms. The Morgan fingerprint density at radius 3 is 2.76 bits per heavy atom. The first kappa shape index (κ1) is 14.6. The zero-order valence-corrected chi connectivity index (χ0v) is 11.6. The predicted molar refractivity (Wildman–Crippen MR) is 77.0 cm³/mol. The maximum atomic E-state index is 12.0. The van der Waals surface area contributed by atoms with Gasteiger partial charge in [-0.15, -0.1) is 0 Å². The largest absolute Gasteiger partial charge is 0.481 e. The molecule has 0 aliphatic rings. The van der Waals surface area contributed by atoms with Crippen LogP contribution in [0.1, 0.15) is 11.1 Å². The van der Waals surface area contributed by atoms with Crippen molar-refractivity contribution in [1.82, 2.24) is 4.90 Å². The Morgan fingerprint density at radius 2 is 2.10 bits per heavy atom. The van der Waals surface area contributed by atoms with Gasteiger partial charge in [0.2, 0.25) is 0 Å². The molecule has 0 aliphatic carbocycles. The Morgan fingerprint density at radius 1 is 1.29 bits per heavy atom. The van der Waals surface area contributed by atoms with E-state index in [9.17, 15) is 9.59 Å². The second-order valence-electron chi connectivity index (χ2n) is 4.69. The fourth-order valence-corrected chi connectivity index (χ4v) is 1.88. The van der Waals surface area contributed by atoms with E-state index < -0.39 is 5.97 Å². The molecular weight excluding hydrogens is 272 g/mol. The number of nitrogens with one attached hydrogen (secondary N) is 1. The van der Waals surface area contributed by atoms with Crippen molar-refractivity contribution in [2.45, 2.75) is 13.0 Å². The maximum Gasteiger partial charge on any atom is 0.321 e. The number of carbonyl (C=O) groups is 2. The summed E-state index contributed by atoms with van der Waals surface area (Å²) in [4.78, 5) is 24.2. The highest BCUT2D eigenvalue weighted by molar-refractivity contribution is 5.89. The summed E-state index contributed by atoms with van der Waals surface area (Å²) in [6, 6.07) is 8.30. The number of amides is 2. The third kappa shape index (κ3) is 4.38. The van der Waals surface area contributed by atoms with Gasteiger partial charge in [-0.25, -0.2) is 4.79 Å². The second-order valence-corrected chi connectivity index (χ2v) is 4.69. The van der Waals surface area contributed by atoms with Crippen molar-refractivity contribution in [1.29, 1.82) is 0 Å². The van der Waals surface area contributed by atoms with Crippen LogP contribution < -0.4 is 5.32 Å². The highest BCUT2D eigenvalue weighted by Crippen LogP contribution is 2.13. The SMILES string of the molecule is CN(Cc1ccoc1)C(=O)Nc1cccc(CC(=O)O)c1. The summed E-state index contributed by atoms with van der Waals surface area (Å²) in [6.07, 6.45) is 3.06. The molecule has 2 N–H and O–H groups in total. The Labute approximate surface area is 122 Å². The smallest absolute Gasteiger partial charge is 0.321 e. The van der Waals surface area contributed by atoms with Crippen LogP contribution >= 0.6 is 0 Å². The molecule has 21 heavy (non-hydrogen) atoms. The van der Waals surface area contributed by atoms with Crippen molar-refractivity contribution in [3.8, 4) is 0 Å². The molecule has 0 aliphatic heterocycles. The van der Waals surface area contributed by atoms with Crippen molar-refractivity contribution in [2.75, 3.05) is 12.4 Å². The van der Waals surface area contributed by atoms with Gasteiger partial charge in [0.1, 0.15) is 0 Å². The molecule has 1 heterocycles. The fraction of sp³-hybridized carbons (Fsp3) is 0.200. The number of carbonyl (C=O) groups excluding carboxylic acids is 1. The summed E-state index contributed by atoms with van der Waals surface area (Å²) in [7, 11) is 1.67. The zero-order chi connectivity index (χ0) is 15.2. The lowest BCUT2D eigenvalue weighted by atomic mass is 10.1. The van der Waals surface area contributed by atoms with Crippen molar-refractivity contribution in [3.63, 3.8) is 0 Å². The molecule has 6 nitrogen and oxygen atoms in total. The molecule has 2 amide bonds. The first-order valence-electron chi connectivity index (χ1n) is 6.38. The van der Waals surface area contributed by atoms with Gasteiger partial charge in [-0.1, -0.05) is 12.1 Å². The standard InChI is InChI=1S/C15H16N2O4/c1-17(9-12-5-6-21-10-12)15(20)16-13-4-2-3-11(7-13)8-14(18)19/h2-7,10H,8-9H2,1H3,(H,16,20)(H,18,19). The number of carboxylic acid groups (broad SMARTS) is 1. The van der Waals surface area contributed by atoms with Crippen molar-refractivity contribution in [3.05, 3.63) is 54.0 Å². The van der Waals surface area contributed by atoms with Crippen molar-refractivity contribution in [2.24, 2.45) is 0 Å². The second kappa shape index (κ2) is 6.60. The molecule has 0 saturated carbocycles. The molecule has 2 aromatic rings. The molecule has 0 atom stereocenters. The van der Waals surface area contributed by atoms with Gasteiger partial charge in [-0.2, -0.15) is 0 Å². The predicted octanol–water partition coefficient (Wildman–Crippen LogP) is 2.57. The molecule has 6 heteroatoms. The summed E-state index contributed by atoms with van der Waals surface area (Å²) in [6.45, 7) is 0.428. The summed E-state index contributed by atoms with van der Waals surface area (Å²) < 4.78 is 4.95. The number of anilines is 1. The first-order chi connectivity index (χ1) is 10.0. The fourth-order valence-electron chi connectivity index (χ4n) is 1.88. The minimum absolute atomic E-state index is 0.0748. The van der Waals surface area contributed by atoms with Crippen LogP contribution in [0.2, 0.25) is 0 Å². The molecule has 1 aromatic carbocycles. The van der Waals surface area contributed by atoms with Gasteiger partial charge in [-0.05, 0) is 23.8 Å². The third-order valence-corrected chi connectivity index (χ3v) is 2.88. The summed E-state index contributed by atoms with van der Waals surface area (Å²) in [5.74, 6) is -0.907. The van der Waals surface area contributed by atoms with E-state index in [1.165, 1.54) is 4.90 Å². The Kier molecular flexibility index (Phi) is 4.61. The monoisotopic (exact) mass is 288 g/mol. The van der Waals surface area contributed by atoms with Gasteiger partial charge in [-0.3, -0.25) is 4.79 Å². The summed E-state index contributed by atoms with van der Waals surface area (Å²) in [5, 5.41) is 11.5. The van der Waals surface area contributed by atoms with Crippen LogP contribution in [0.4, 0.5) is 10.5 Å². The lowest BCUT2D eigenvalue weighted by Crippen LogP contribution is -2.30. The van der Waals surface area contributed by atoms with Gasteiger partial charge in [0, 0.05) is 18.3 Å². The number of rotatable bonds is 5. The van der Waals surface area contributed by atoms with E-state index >= 15 is 0 Å².